The van der Waals surface area contributed by atoms with Gasteiger partial charge in [0.1, 0.15) is 11.3 Å². The van der Waals surface area contributed by atoms with Crippen LogP contribution in [0.3, 0.4) is 0 Å². The summed E-state index contributed by atoms with van der Waals surface area (Å²) >= 11 is 5.46. The van der Waals surface area contributed by atoms with Crippen molar-refractivity contribution in [1.29, 1.82) is 0 Å². The molecule has 3 aromatic rings. The van der Waals surface area contributed by atoms with Gasteiger partial charge in [-0.25, -0.2) is 0 Å². The number of aryl methyl sites for hydroxylation is 2. The molecular formula is C15H18N4OS. The van der Waals surface area contributed by atoms with Crippen LogP contribution in [0.5, 0.6) is 5.75 Å². The van der Waals surface area contributed by atoms with Crippen molar-refractivity contribution in [2.45, 2.75) is 19.9 Å². The predicted molar refractivity (Wildman–Crippen MR) is 85.4 cm³/mol. The van der Waals surface area contributed by atoms with Crippen molar-refractivity contribution in [3.8, 4) is 5.75 Å². The van der Waals surface area contributed by atoms with E-state index in [0.29, 0.717) is 6.54 Å². The minimum atomic E-state index is 0.714. The molecule has 5 nitrogen and oxygen atoms in total. The van der Waals surface area contributed by atoms with Crippen LogP contribution in [-0.2, 0) is 20.0 Å². The lowest BCUT2D eigenvalue weighted by Crippen LogP contribution is -2.04. The van der Waals surface area contributed by atoms with Crippen molar-refractivity contribution in [2.75, 3.05) is 7.11 Å². The number of rotatable bonds is 4. The Balaban J connectivity index is 2.05. The van der Waals surface area contributed by atoms with Gasteiger partial charge in [-0.3, -0.25) is 9.25 Å². The molecule has 0 saturated heterocycles. The van der Waals surface area contributed by atoms with Gasteiger partial charge >= 0.3 is 0 Å². The first-order valence-corrected chi connectivity index (χ1v) is 7.32. The Kier molecular flexibility index (Phi) is 3.55. The van der Waals surface area contributed by atoms with E-state index >= 15 is 0 Å². The zero-order valence-electron chi connectivity index (χ0n) is 12.4. The third kappa shape index (κ3) is 2.35. The molecule has 6 heteroatoms. The molecule has 0 saturated carbocycles. The third-order valence-corrected chi connectivity index (χ3v) is 3.98. The quantitative estimate of drug-likeness (QED) is 0.754. The molecule has 0 aliphatic rings. The molecule has 110 valence electrons. The summed E-state index contributed by atoms with van der Waals surface area (Å²) in [5.74, 6) is 0.857. The number of hydrogen-bond acceptors (Lipinski definition) is 3. The zero-order valence-corrected chi connectivity index (χ0v) is 13.2. The Hall–Kier alpha value is -2.08. The van der Waals surface area contributed by atoms with E-state index in [9.17, 15) is 0 Å². The minimum Gasteiger partial charge on any atom is -0.497 e. The summed E-state index contributed by atoms with van der Waals surface area (Å²) in [5.41, 5.74) is 4.30. The van der Waals surface area contributed by atoms with Gasteiger partial charge in [0.05, 0.1) is 19.3 Å². The lowest BCUT2D eigenvalue weighted by molar-refractivity contribution is 0.414. The number of hydrogen-bond donors (Lipinski definition) is 1. The van der Waals surface area contributed by atoms with Gasteiger partial charge in [0, 0.05) is 7.05 Å². The van der Waals surface area contributed by atoms with E-state index in [-0.39, 0.29) is 0 Å². The van der Waals surface area contributed by atoms with E-state index in [4.69, 9.17) is 17.0 Å². The molecule has 0 spiro atoms. The Morgan fingerprint density at radius 2 is 2.00 bits per heavy atom. The second-order valence-corrected chi connectivity index (χ2v) is 5.37. The smallest absolute Gasteiger partial charge is 0.179 e. The SMILES string of the molecule is CCc1nn(C)c2c1[nH]c(=S)n2Cc1ccc(OC)cc1. The number of imidazole rings is 1. The van der Waals surface area contributed by atoms with Crippen LogP contribution >= 0.6 is 12.2 Å². The summed E-state index contributed by atoms with van der Waals surface area (Å²) in [4.78, 5) is 3.28. The molecule has 2 heterocycles. The number of methoxy groups -OCH3 is 1. The van der Waals surface area contributed by atoms with E-state index < -0.39 is 0 Å². The van der Waals surface area contributed by atoms with Crippen LogP contribution in [0, 0.1) is 4.77 Å². The molecule has 0 radical (unpaired) electrons. The summed E-state index contributed by atoms with van der Waals surface area (Å²) < 4.78 is 9.89. The molecule has 0 aliphatic heterocycles. The molecule has 0 aliphatic carbocycles. The molecule has 2 aromatic heterocycles. The number of fused-ring (bicyclic) bond motifs is 1. The molecule has 1 N–H and O–H groups in total. The van der Waals surface area contributed by atoms with E-state index in [1.165, 1.54) is 5.56 Å². The summed E-state index contributed by atoms with van der Waals surface area (Å²) in [6.07, 6.45) is 0.884. The summed E-state index contributed by atoms with van der Waals surface area (Å²) in [6, 6.07) is 8.03. The van der Waals surface area contributed by atoms with Crippen molar-refractivity contribution in [3.05, 3.63) is 40.3 Å². The Labute approximate surface area is 128 Å². The van der Waals surface area contributed by atoms with Crippen LogP contribution in [0.2, 0.25) is 0 Å². The molecule has 0 amide bonds. The second-order valence-electron chi connectivity index (χ2n) is 4.99. The standard InChI is InChI=1S/C15H18N4OS/c1-4-12-13-14(18(2)17-12)19(15(21)16-13)9-10-5-7-11(20-3)8-6-10/h5-8H,4,9H2,1-3H3,(H,16,21). The van der Waals surface area contributed by atoms with Crippen molar-refractivity contribution < 1.29 is 4.74 Å². The van der Waals surface area contributed by atoms with Gasteiger partial charge in [-0.05, 0) is 36.3 Å². The molecule has 1 aromatic carbocycles. The van der Waals surface area contributed by atoms with E-state index in [0.717, 1.165) is 33.8 Å². The summed E-state index contributed by atoms with van der Waals surface area (Å²) in [5, 5.41) is 4.54. The highest BCUT2D eigenvalue weighted by Gasteiger charge is 2.14. The maximum Gasteiger partial charge on any atom is 0.179 e. The number of aromatic amines is 1. The van der Waals surface area contributed by atoms with Crippen LogP contribution in [0.15, 0.2) is 24.3 Å². The number of aromatic nitrogens is 4. The molecule has 0 unspecified atom stereocenters. The average Bonchev–Trinajstić information content (AvgIpc) is 2.98. The van der Waals surface area contributed by atoms with Gasteiger partial charge in [0.2, 0.25) is 0 Å². The Morgan fingerprint density at radius 1 is 1.29 bits per heavy atom. The molecule has 3 rings (SSSR count). The van der Waals surface area contributed by atoms with Crippen LogP contribution in [-0.4, -0.2) is 26.4 Å². The van der Waals surface area contributed by atoms with Crippen LogP contribution in [0.4, 0.5) is 0 Å². The van der Waals surface area contributed by atoms with Crippen molar-refractivity contribution >= 4 is 23.4 Å². The van der Waals surface area contributed by atoms with E-state index in [2.05, 4.69) is 33.7 Å². The van der Waals surface area contributed by atoms with Crippen molar-refractivity contribution in [1.82, 2.24) is 19.3 Å². The first kappa shape index (κ1) is 13.9. The number of benzene rings is 1. The molecule has 0 bridgehead atoms. The first-order chi connectivity index (χ1) is 10.1. The van der Waals surface area contributed by atoms with Crippen LogP contribution in [0.25, 0.3) is 11.2 Å². The normalized spacial score (nSPS) is 11.2. The highest BCUT2D eigenvalue weighted by molar-refractivity contribution is 7.71. The summed E-state index contributed by atoms with van der Waals surface area (Å²) in [7, 11) is 3.62. The number of nitrogens with zero attached hydrogens (tertiary/aromatic N) is 3. The Morgan fingerprint density at radius 3 is 2.62 bits per heavy atom. The second kappa shape index (κ2) is 5.37. The maximum absolute atomic E-state index is 5.46. The fourth-order valence-corrected chi connectivity index (χ4v) is 2.84. The molecular weight excluding hydrogens is 284 g/mol. The zero-order chi connectivity index (χ0) is 15.0. The molecule has 0 fully saturated rings. The highest BCUT2D eigenvalue weighted by Crippen LogP contribution is 2.20. The lowest BCUT2D eigenvalue weighted by Gasteiger charge is -2.06. The average molecular weight is 302 g/mol. The van der Waals surface area contributed by atoms with Gasteiger partial charge in [-0.1, -0.05) is 19.1 Å². The van der Waals surface area contributed by atoms with Crippen LogP contribution < -0.4 is 4.74 Å². The number of H-pyrrole nitrogens is 1. The molecule has 21 heavy (non-hydrogen) atoms. The van der Waals surface area contributed by atoms with E-state index in [1.54, 1.807) is 7.11 Å². The first-order valence-electron chi connectivity index (χ1n) is 6.91. The molecule has 0 atom stereocenters. The monoisotopic (exact) mass is 302 g/mol. The maximum atomic E-state index is 5.46. The minimum absolute atomic E-state index is 0.714. The lowest BCUT2D eigenvalue weighted by atomic mass is 10.2. The largest absolute Gasteiger partial charge is 0.497 e. The number of nitrogens with one attached hydrogen (secondary N) is 1. The number of ether oxygens (including phenoxy) is 1. The van der Waals surface area contributed by atoms with Gasteiger partial charge in [-0.2, -0.15) is 5.10 Å². The predicted octanol–water partition coefficient (Wildman–Crippen LogP) is 3.05. The van der Waals surface area contributed by atoms with Gasteiger partial charge < -0.3 is 9.72 Å². The highest BCUT2D eigenvalue weighted by atomic mass is 32.1. The Bertz CT molecular complexity index is 826. The fraction of sp³-hybridized carbons (Fsp3) is 0.333. The van der Waals surface area contributed by atoms with Gasteiger partial charge in [0.25, 0.3) is 0 Å². The third-order valence-electron chi connectivity index (χ3n) is 3.66. The summed E-state index contributed by atoms with van der Waals surface area (Å²) in [6.45, 7) is 2.81. The van der Waals surface area contributed by atoms with Crippen LogP contribution in [0.1, 0.15) is 18.2 Å². The van der Waals surface area contributed by atoms with Gasteiger partial charge in [0.15, 0.2) is 10.4 Å². The van der Waals surface area contributed by atoms with E-state index in [1.807, 2.05) is 23.9 Å². The van der Waals surface area contributed by atoms with Crippen molar-refractivity contribution in [2.24, 2.45) is 7.05 Å². The van der Waals surface area contributed by atoms with Crippen molar-refractivity contribution in [3.63, 3.8) is 0 Å². The fourth-order valence-electron chi connectivity index (χ4n) is 2.59. The van der Waals surface area contributed by atoms with Gasteiger partial charge in [-0.15, -0.1) is 0 Å². The topological polar surface area (TPSA) is 47.8 Å².